The molecule has 6 heteroatoms. The number of nitro groups is 1. The zero-order valence-electron chi connectivity index (χ0n) is 4.57. The van der Waals surface area contributed by atoms with E-state index in [-0.39, 0.29) is 0 Å². The molecule has 0 rings (SSSR count). The molecule has 0 aliphatic carbocycles. The van der Waals surface area contributed by atoms with Crippen LogP contribution >= 0.6 is 0 Å². The second kappa shape index (κ2) is 2.75. The van der Waals surface area contributed by atoms with E-state index in [0.29, 0.717) is 0 Å². The lowest BCUT2D eigenvalue weighted by molar-refractivity contribution is -0.350. The largest absolute Gasteiger partial charge is 0.452 e. The molecule has 0 fully saturated rings. The highest BCUT2D eigenvalue weighted by atomic mass is 16.6. The molecule has 0 bridgehead atoms. The topological polar surface area (TPSA) is 92.8 Å². The number of ketones is 1. The Labute approximate surface area is 49.9 Å². The summed E-state index contributed by atoms with van der Waals surface area (Å²) in [6.07, 6.45) is 0. The van der Waals surface area contributed by atoms with E-state index in [9.17, 15) is 14.9 Å². The average molecular weight is 132 g/mol. The van der Waals surface area contributed by atoms with Gasteiger partial charge in [-0.1, -0.05) is 0 Å². The molecule has 0 unspecified atom stereocenters. The van der Waals surface area contributed by atoms with Gasteiger partial charge in [-0.15, -0.1) is 0 Å². The minimum absolute atomic E-state index is 0.873. The van der Waals surface area contributed by atoms with Gasteiger partial charge in [-0.25, -0.2) is 0 Å². The van der Waals surface area contributed by atoms with Gasteiger partial charge >= 0.3 is 5.84 Å². The number of oxime groups is 1. The summed E-state index contributed by atoms with van der Waals surface area (Å²) in [7, 11) is 0. The van der Waals surface area contributed by atoms with Crippen molar-refractivity contribution in [1.29, 1.82) is 0 Å². The molecule has 0 amide bonds. The number of Topliss-reactive ketones (excluding diaryl/α,β-unsaturated/α-hetero) is 1. The van der Waals surface area contributed by atoms with Crippen molar-refractivity contribution in [3.63, 3.8) is 0 Å². The SMILES string of the molecule is CC(=O)C(=NO)[N+](=O)[O-]. The van der Waals surface area contributed by atoms with Crippen LogP contribution in [0.25, 0.3) is 0 Å². The van der Waals surface area contributed by atoms with Gasteiger partial charge in [0.25, 0.3) is 5.78 Å². The van der Waals surface area contributed by atoms with Crippen molar-refractivity contribution in [3.8, 4) is 0 Å². The first-order chi connectivity index (χ1) is 4.09. The zero-order chi connectivity index (χ0) is 7.44. The van der Waals surface area contributed by atoms with E-state index >= 15 is 0 Å². The molecule has 6 nitrogen and oxygen atoms in total. The molecule has 0 aliphatic heterocycles. The second-order valence-electron chi connectivity index (χ2n) is 1.24. The monoisotopic (exact) mass is 132 g/mol. The molecule has 0 aromatic heterocycles. The number of carbonyl (C=O) groups excluding carboxylic acids is 1. The van der Waals surface area contributed by atoms with Crippen molar-refractivity contribution < 1.29 is 14.9 Å². The van der Waals surface area contributed by atoms with Crippen LogP contribution in [0.3, 0.4) is 0 Å². The van der Waals surface area contributed by atoms with Gasteiger partial charge in [-0.3, -0.25) is 4.79 Å². The Hall–Kier alpha value is -1.46. The maximum Gasteiger partial charge on any atom is 0.452 e. The molecule has 0 aromatic rings. The van der Waals surface area contributed by atoms with Crippen LogP contribution in [0, 0.1) is 10.1 Å². The molecule has 0 radical (unpaired) electrons. The summed E-state index contributed by atoms with van der Waals surface area (Å²) in [5.41, 5.74) is 0. The highest BCUT2D eigenvalue weighted by Gasteiger charge is 2.18. The summed E-state index contributed by atoms with van der Waals surface area (Å²) < 4.78 is 0. The third-order valence-corrected chi connectivity index (χ3v) is 0.583. The highest BCUT2D eigenvalue weighted by molar-refractivity contribution is 6.34. The van der Waals surface area contributed by atoms with Crippen LogP contribution in [-0.2, 0) is 4.79 Å². The Balaban J connectivity index is 4.38. The van der Waals surface area contributed by atoms with Crippen molar-refractivity contribution in [2.45, 2.75) is 6.92 Å². The van der Waals surface area contributed by atoms with E-state index in [0.717, 1.165) is 6.92 Å². The molecule has 0 heterocycles. The number of hydrogen-bond acceptors (Lipinski definition) is 5. The first kappa shape index (κ1) is 7.54. The summed E-state index contributed by atoms with van der Waals surface area (Å²) in [6.45, 7) is 0.942. The fourth-order valence-corrected chi connectivity index (χ4v) is 0.235. The number of nitrogens with zero attached hydrogens (tertiary/aromatic N) is 2. The van der Waals surface area contributed by atoms with E-state index in [1.165, 1.54) is 0 Å². The summed E-state index contributed by atoms with van der Waals surface area (Å²) in [6, 6.07) is 0. The van der Waals surface area contributed by atoms with Gasteiger partial charge < -0.3 is 15.3 Å². The molecule has 0 aromatic carbocycles. The van der Waals surface area contributed by atoms with Gasteiger partial charge in [0.2, 0.25) is 0 Å². The molecular weight excluding hydrogens is 128 g/mol. The van der Waals surface area contributed by atoms with Crippen molar-refractivity contribution >= 4 is 11.6 Å². The minimum atomic E-state index is -1.05. The summed E-state index contributed by atoms with van der Waals surface area (Å²) in [4.78, 5) is 18.7. The summed E-state index contributed by atoms with van der Waals surface area (Å²) >= 11 is 0. The van der Waals surface area contributed by atoms with E-state index in [4.69, 9.17) is 5.21 Å². The number of hydrogen-bond donors (Lipinski definition) is 1. The minimum Gasteiger partial charge on any atom is -0.358 e. The molecule has 0 saturated carbocycles. The number of rotatable bonds is 1. The third kappa shape index (κ3) is 1.85. The van der Waals surface area contributed by atoms with Crippen LogP contribution in [0.1, 0.15) is 6.92 Å². The van der Waals surface area contributed by atoms with Gasteiger partial charge in [0.05, 0.1) is 0 Å². The Morgan fingerprint density at radius 3 is 2.22 bits per heavy atom. The van der Waals surface area contributed by atoms with Crippen LogP contribution in [0.2, 0.25) is 0 Å². The predicted octanol–water partition coefficient (Wildman–Crippen LogP) is -0.360. The fraction of sp³-hybridized carbons (Fsp3) is 0.333. The molecule has 0 atom stereocenters. The second-order valence-corrected chi connectivity index (χ2v) is 1.24. The Bertz CT molecular complexity index is 157. The van der Waals surface area contributed by atoms with Crippen molar-refractivity contribution in [2.75, 3.05) is 0 Å². The Morgan fingerprint density at radius 2 is 2.22 bits per heavy atom. The maximum atomic E-state index is 10.1. The Morgan fingerprint density at radius 1 is 1.78 bits per heavy atom. The Kier molecular flexibility index (Phi) is 2.31. The first-order valence-corrected chi connectivity index (χ1v) is 1.97. The molecular formula is C3H4N2O4. The summed E-state index contributed by atoms with van der Waals surface area (Å²) in [5, 5.41) is 19.6. The van der Waals surface area contributed by atoms with Gasteiger partial charge in [-0.2, -0.15) is 0 Å². The van der Waals surface area contributed by atoms with Gasteiger partial charge in [0, 0.05) is 6.92 Å². The van der Waals surface area contributed by atoms with Crippen molar-refractivity contribution in [2.24, 2.45) is 5.16 Å². The van der Waals surface area contributed by atoms with Crippen LogP contribution in [0.5, 0.6) is 0 Å². The summed E-state index contributed by atoms with van der Waals surface area (Å²) in [5.74, 6) is -1.92. The van der Waals surface area contributed by atoms with E-state index < -0.39 is 16.5 Å². The molecule has 9 heavy (non-hydrogen) atoms. The van der Waals surface area contributed by atoms with Gasteiger partial charge in [0.15, 0.2) is 5.16 Å². The smallest absolute Gasteiger partial charge is 0.358 e. The van der Waals surface area contributed by atoms with Gasteiger partial charge in [0.1, 0.15) is 0 Å². The quantitative estimate of drug-likeness (QED) is 0.173. The van der Waals surface area contributed by atoms with E-state index in [1.54, 1.807) is 0 Å². The van der Waals surface area contributed by atoms with Crippen LogP contribution in [0.4, 0.5) is 0 Å². The van der Waals surface area contributed by atoms with E-state index in [2.05, 4.69) is 5.16 Å². The van der Waals surface area contributed by atoms with Crippen molar-refractivity contribution in [1.82, 2.24) is 0 Å². The lowest BCUT2D eigenvalue weighted by Crippen LogP contribution is -2.19. The van der Waals surface area contributed by atoms with Gasteiger partial charge in [-0.05, 0) is 4.92 Å². The van der Waals surface area contributed by atoms with E-state index in [1.807, 2.05) is 0 Å². The third-order valence-electron chi connectivity index (χ3n) is 0.583. The van der Waals surface area contributed by atoms with Crippen LogP contribution in [0.15, 0.2) is 5.16 Å². The van der Waals surface area contributed by atoms with Crippen molar-refractivity contribution in [3.05, 3.63) is 10.1 Å². The fourth-order valence-electron chi connectivity index (χ4n) is 0.235. The standard InChI is InChI=1S/C3H4N2O4/c1-2(6)3(4-7)5(8)9/h7H,1H3. The highest BCUT2D eigenvalue weighted by Crippen LogP contribution is 1.79. The lowest BCUT2D eigenvalue weighted by Gasteiger charge is -1.87. The van der Waals surface area contributed by atoms with Crippen LogP contribution < -0.4 is 0 Å². The molecule has 1 N–H and O–H groups in total. The lowest BCUT2D eigenvalue weighted by atomic mass is 10.4. The maximum absolute atomic E-state index is 10.1. The molecule has 0 spiro atoms. The molecule has 50 valence electrons. The molecule has 0 aliphatic rings. The normalized spacial score (nSPS) is 11.0. The van der Waals surface area contributed by atoms with Crippen LogP contribution in [-0.4, -0.2) is 21.7 Å². The molecule has 0 saturated heterocycles. The first-order valence-electron chi connectivity index (χ1n) is 1.97. The number of carbonyl (C=O) groups is 1. The predicted molar refractivity (Wildman–Crippen MR) is 26.9 cm³/mol. The zero-order valence-corrected chi connectivity index (χ0v) is 4.57. The number of amidine groups is 1. The average Bonchev–Trinajstić information content (AvgIpc) is 1.64.